The summed E-state index contributed by atoms with van der Waals surface area (Å²) in [7, 11) is 0. The lowest BCUT2D eigenvalue weighted by molar-refractivity contribution is 0.0912. The third-order valence-electron chi connectivity index (χ3n) is 4.63. The maximum Gasteiger partial charge on any atom is 0.0336 e. The summed E-state index contributed by atoms with van der Waals surface area (Å²) in [5.41, 5.74) is 0.581. The molecule has 0 bridgehead atoms. The van der Waals surface area contributed by atoms with Gasteiger partial charge in [0.2, 0.25) is 0 Å². The van der Waals surface area contributed by atoms with Crippen LogP contribution in [0.2, 0.25) is 0 Å². The molecular formula is C12H22N2. The first kappa shape index (κ1) is 9.17. The van der Waals surface area contributed by atoms with E-state index in [0.717, 1.165) is 6.04 Å². The van der Waals surface area contributed by atoms with Gasteiger partial charge in [-0.25, -0.2) is 0 Å². The predicted molar refractivity (Wildman–Crippen MR) is 58.4 cm³/mol. The van der Waals surface area contributed by atoms with Gasteiger partial charge in [-0.3, -0.25) is 4.90 Å². The van der Waals surface area contributed by atoms with Gasteiger partial charge in [0.05, 0.1) is 0 Å². The molecule has 2 heterocycles. The quantitative estimate of drug-likeness (QED) is 0.632. The van der Waals surface area contributed by atoms with Crippen molar-refractivity contribution in [1.82, 2.24) is 10.2 Å². The number of rotatable bonds is 0. The Hall–Kier alpha value is -0.0800. The van der Waals surface area contributed by atoms with Gasteiger partial charge < -0.3 is 5.32 Å². The predicted octanol–water partition coefficient (Wildman–Crippen LogP) is 1.76. The molecule has 2 heteroatoms. The van der Waals surface area contributed by atoms with Crippen LogP contribution >= 0.6 is 0 Å². The molecule has 0 aromatic rings. The maximum atomic E-state index is 3.67. The molecule has 1 spiro atoms. The van der Waals surface area contributed by atoms with Gasteiger partial charge in [-0.15, -0.1) is 0 Å². The van der Waals surface area contributed by atoms with E-state index in [1.54, 1.807) is 0 Å². The van der Waals surface area contributed by atoms with Crippen molar-refractivity contribution >= 4 is 0 Å². The van der Waals surface area contributed by atoms with Crippen molar-refractivity contribution in [3.05, 3.63) is 0 Å². The third-order valence-corrected chi connectivity index (χ3v) is 4.63. The van der Waals surface area contributed by atoms with E-state index in [9.17, 15) is 0 Å². The first-order chi connectivity index (χ1) is 6.91. The molecule has 1 unspecified atom stereocenters. The number of hydrogen-bond donors (Lipinski definition) is 1. The van der Waals surface area contributed by atoms with E-state index < -0.39 is 0 Å². The standard InChI is InChI=1S/C12H22N2/c1-2-7-12(6-1)10-13-8-5-11-4-3-9-14(11)12/h11,13H,1-10H2. The molecule has 2 saturated heterocycles. The molecule has 1 N–H and O–H groups in total. The van der Waals surface area contributed by atoms with Crippen LogP contribution in [-0.2, 0) is 0 Å². The van der Waals surface area contributed by atoms with E-state index in [4.69, 9.17) is 0 Å². The Kier molecular flexibility index (Phi) is 2.29. The van der Waals surface area contributed by atoms with Gasteiger partial charge in [-0.05, 0) is 45.2 Å². The minimum atomic E-state index is 0.581. The molecule has 2 nitrogen and oxygen atoms in total. The Balaban J connectivity index is 1.86. The molecule has 80 valence electrons. The highest BCUT2D eigenvalue weighted by Crippen LogP contribution is 2.40. The summed E-state index contributed by atoms with van der Waals surface area (Å²) in [5.74, 6) is 0. The molecule has 3 aliphatic rings. The van der Waals surface area contributed by atoms with E-state index in [0.29, 0.717) is 5.54 Å². The minimum Gasteiger partial charge on any atom is -0.315 e. The largest absolute Gasteiger partial charge is 0.315 e. The molecule has 14 heavy (non-hydrogen) atoms. The second-order valence-electron chi connectivity index (χ2n) is 5.39. The van der Waals surface area contributed by atoms with Gasteiger partial charge in [0.15, 0.2) is 0 Å². The highest BCUT2D eigenvalue weighted by atomic mass is 15.3. The van der Waals surface area contributed by atoms with Gasteiger partial charge >= 0.3 is 0 Å². The van der Waals surface area contributed by atoms with E-state index >= 15 is 0 Å². The van der Waals surface area contributed by atoms with Crippen molar-refractivity contribution < 1.29 is 0 Å². The number of hydrogen-bond acceptors (Lipinski definition) is 2. The zero-order valence-electron chi connectivity index (χ0n) is 9.10. The van der Waals surface area contributed by atoms with Crippen LogP contribution in [0, 0.1) is 0 Å². The van der Waals surface area contributed by atoms with Crippen LogP contribution in [-0.4, -0.2) is 36.1 Å². The number of nitrogens with zero attached hydrogens (tertiary/aromatic N) is 1. The Morgan fingerprint density at radius 2 is 1.93 bits per heavy atom. The van der Waals surface area contributed by atoms with Crippen LogP contribution < -0.4 is 5.32 Å². The molecule has 0 aromatic heterocycles. The van der Waals surface area contributed by atoms with E-state index in [2.05, 4.69) is 10.2 Å². The molecule has 3 rings (SSSR count). The fourth-order valence-electron chi connectivity index (χ4n) is 3.95. The monoisotopic (exact) mass is 194 g/mol. The highest BCUT2D eigenvalue weighted by Gasteiger charge is 2.45. The fraction of sp³-hybridized carbons (Fsp3) is 1.00. The van der Waals surface area contributed by atoms with Crippen molar-refractivity contribution in [2.75, 3.05) is 19.6 Å². The van der Waals surface area contributed by atoms with Gasteiger partial charge in [-0.1, -0.05) is 12.8 Å². The van der Waals surface area contributed by atoms with E-state index in [-0.39, 0.29) is 0 Å². The average Bonchev–Trinajstić information content (AvgIpc) is 2.77. The lowest BCUT2D eigenvalue weighted by Gasteiger charge is -2.40. The third kappa shape index (κ3) is 1.31. The normalized spacial score (nSPS) is 37.3. The van der Waals surface area contributed by atoms with Gasteiger partial charge in [0.1, 0.15) is 0 Å². The van der Waals surface area contributed by atoms with Crippen LogP contribution in [0.3, 0.4) is 0 Å². The summed E-state index contributed by atoms with van der Waals surface area (Å²) >= 11 is 0. The lowest BCUT2D eigenvalue weighted by Crippen LogP contribution is -2.52. The minimum absolute atomic E-state index is 0.581. The molecular weight excluding hydrogens is 172 g/mol. The van der Waals surface area contributed by atoms with Crippen molar-refractivity contribution in [2.24, 2.45) is 0 Å². The average molecular weight is 194 g/mol. The van der Waals surface area contributed by atoms with Crippen LogP contribution in [0.1, 0.15) is 44.9 Å². The second-order valence-corrected chi connectivity index (χ2v) is 5.39. The van der Waals surface area contributed by atoms with Crippen LogP contribution in [0.25, 0.3) is 0 Å². The molecule has 1 aliphatic carbocycles. The molecule has 0 aromatic carbocycles. The highest BCUT2D eigenvalue weighted by molar-refractivity contribution is 5.02. The van der Waals surface area contributed by atoms with Crippen molar-refractivity contribution in [3.63, 3.8) is 0 Å². The lowest BCUT2D eigenvalue weighted by atomic mass is 9.94. The second kappa shape index (κ2) is 3.49. The molecule has 1 saturated carbocycles. The van der Waals surface area contributed by atoms with E-state index in [1.807, 2.05) is 0 Å². The Bertz CT molecular complexity index is 208. The molecule has 1 atom stereocenters. The number of nitrogens with one attached hydrogen (secondary N) is 1. The Labute approximate surface area is 87.0 Å². The molecule has 0 radical (unpaired) electrons. The maximum absolute atomic E-state index is 3.67. The summed E-state index contributed by atoms with van der Waals surface area (Å²) in [5, 5.41) is 3.67. The summed E-state index contributed by atoms with van der Waals surface area (Å²) < 4.78 is 0. The first-order valence-corrected chi connectivity index (χ1v) is 6.38. The first-order valence-electron chi connectivity index (χ1n) is 6.38. The zero-order valence-corrected chi connectivity index (χ0v) is 9.10. The van der Waals surface area contributed by atoms with Crippen molar-refractivity contribution in [3.8, 4) is 0 Å². The van der Waals surface area contributed by atoms with Gasteiger partial charge in [-0.2, -0.15) is 0 Å². The summed E-state index contributed by atoms with van der Waals surface area (Å²) in [6.45, 7) is 3.90. The fourth-order valence-corrected chi connectivity index (χ4v) is 3.95. The van der Waals surface area contributed by atoms with Crippen LogP contribution in [0.15, 0.2) is 0 Å². The topological polar surface area (TPSA) is 15.3 Å². The summed E-state index contributed by atoms with van der Waals surface area (Å²) in [6.07, 6.45) is 10.1. The summed E-state index contributed by atoms with van der Waals surface area (Å²) in [4.78, 5) is 2.88. The Morgan fingerprint density at radius 3 is 2.79 bits per heavy atom. The molecule has 2 aliphatic heterocycles. The van der Waals surface area contributed by atoms with Gasteiger partial charge in [0.25, 0.3) is 0 Å². The van der Waals surface area contributed by atoms with Gasteiger partial charge in [0, 0.05) is 18.1 Å². The van der Waals surface area contributed by atoms with Crippen molar-refractivity contribution in [2.45, 2.75) is 56.5 Å². The van der Waals surface area contributed by atoms with Crippen molar-refractivity contribution in [1.29, 1.82) is 0 Å². The number of fused-ring (bicyclic) bond motifs is 2. The van der Waals surface area contributed by atoms with E-state index in [1.165, 1.54) is 64.6 Å². The Morgan fingerprint density at radius 1 is 1.07 bits per heavy atom. The SMILES string of the molecule is C1CC2CCNCC3(CCCC3)N2C1. The summed E-state index contributed by atoms with van der Waals surface area (Å²) in [6, 6.07) is 0.920. The smallest absolute Gasteiger partial charge is 0.0336 e. The molecule has 0 amide bonds. The van der Waals surface area contributed by atoms with Crippen LogP contribution in [0.4, 0.5) is 0 Å². The van der Waals surface area contributed by atoms with Crippen LogP contribution in [0.5, 0.6) is 0 Å². The zero-order chi connectivity index (χ0) is 9.43. The molecule has 3 fully saturated rings.